The number of carbonyl (C=O) groups excluding carboxylic acids is 1. The van der Waals surface area contributed by atoms with Crippen LogP contribution in [-0.2, 0) is 13.6 Å². The van der Waals surface area contributed by atoms with Gasteiger partial charge >= 0.3 is 6.18 Å². The first-order valence-electron chi connectivity index (χ1n) is 9.77. The van der Waals surface area contributed by atoms with Crippen molar-refractivity contribution in [2.24, 2.45) is 7.05 Å². The number of rotatable bonds is 4. The zero-order valence-corrected chi connectivity index (χ0v) is 17.6. The molecular formula is C20H23F3N6O2. The third kappa shape index (κ3) is 3.79. The first-order valence-corrected chi connectivity index (χ1v) is 9.77. The predicted octanol–water partition coefficient (Wildman–Crippen LogP) is 3.76. The van der Waals surface area contributed by atoms with Gasteiger partial charge in [-0.05, 0) is 26.0 Å². The van der Waals surface area contributed by atoms with Crippen molar-refractivity contribution >= 4 is 11.7 Å². The molecule has 1 aliphatic rings. The second kappa shape index (κ2) is 7.47. The molecule has 1 N–H and O–H groups in total. The Balaban J connectivity index is 1.62. The predicted molar refractivity (Wildman–Crippen MR) is 105 cm³/mol. The van der Waals surface area contributed by atoms with Crippen LogP contribution in [0, 0.1) is 13.8 Å². The maximum Gasteiger partial charge on any atom is 0.410 e. The van der Waals surface area contributed by atoms with E-state index in [0.717, 1.165) is 21.6 Å². The van der Waals surface area contributed by atoms with E-state index in [1.54, 1.807) is 23.9 Å². The topological polar surface area (TPSA) is 81.1 Å². The molecule has 8 nitrogen and oxygen atoms in total. The number of hydrogen-bond donors (Lipinski definition) is 1. The fourth-order valence-electron chi connectivity index (χ4n) is 3.90. The molecule has 0 bridgehead atoms. The second-order valence-electron chi connectivity index (χ2n) is 7.80. The molecule has 0 saturated carbocycles. The Morgan fingerprint density at radius 3 is 2.68 bits per heavy atom. The summed E-state index contributed by atoms with van der Waals surface area (Å²) in [6.07, 6.45) is -3.40. The minimum atomic E-state index is -4.52. The van der Waals surface area contributed by atoms with Crippen LogP contribution in [0.2, 0.25) is 0 Å². The van der Waals surface area contributed by atoms with Crippen LogP contribution in [0.4, 0.5) is 19.0 Å². The highest BCUT2D eigenvalue weighted by Crippen LogP contribution is 2.43. The van der Waals surface area contributed by atoms with E-state index in [0.29, 0.717) is 5.76 Å². The Morgan fingerprint density at radius 1 is 1.35 bits per heavy atom. The van der Waals surface area contributed by atoms with E-state index < -0.39 is 24.2 Å². The van der Waals surface area contributed by atoms with Crippen LogP contribution < -0.4 is 5.32 Å². The van der Waals surface area contributed by atoms with Crippen molar-refractivity contribution in [2.45, 2.75) is 45.1 Å². The average Bonchev–Trinajstić information content (AvgIpc) is 3.42. The van der Waals surface area contributed by atoms with Gasteiger partial charge in [-0.2, -0.15) is 23.4 Å². The van der Waals surface area contributed by atoms with Gasteiger partial charge in [-0.1, -0.05) is 0 Å². The minimum absolute atomic E-state index is 0.0569. The molecule has 4 rings (SSSR count). The molecule has 3 aromatic heterocycles. The van der Waals surface area contributed by atoms with E-state index >= 15 is 0 Å². The SMILES string of the molecule is Cc1nn(C)c(C)c1CN(C)C(=O)c1cc2n(n1)[C@H](C(F)(F)F)C[C@H](c1ccco1)N2. The number of aromatic nitrogens is 4. The Hall–Kier alpha value is -3.24. The number of halogens is 3. The van der Waals surface area contributed by atoms with Crippen molar-refractivity contribution in [2.75, 3.05) is 12.4 Å². The smallest absolute Gasteiger partial charge is 0.410 e. The molecule has 0 radical (unpaired) electrons. The number of fused-ring (bicyclic) bond motifs is 1. The molecular weight excluding hydrogens is 413 g/mol. The normalized spacial score (nSPS) is 18.5. The number of hydrogen-bond acceptors (Lipinski definition) is 5. The van der Waals surface area contributed by atoms with E-state index in [1.165, 1.54) is 17.2 Å². The fraction of sp³-hybridized carbons (Fsp3) is 0.450. The first-order chi connectivity index (χ1) is 14.6. The van der Waals surface area contributed by atoms with Crippen molar-refractivity contribution in [1.29, 1.82) is 0 Å². The fourth-order valence-corrected chi connectivity index (χ4v) is 3.90. The largest absolute Gasteiger partial charge is 0.467 e. The van der Waals surface area contributed by atoms with Crippen molar-refractivity contribution in [1.82, 2.24) is 24.5 Å². The Morgan fingerprint density at radius 2 is 2.10 bits per heavy atom. The lowest BCUT2D eigenvalue weighted by Crippen LogP contribution is -2.35. The number of aryl methyl sites for hydroxylation is 2. The van der Waals surface area contributed by atoms with Crippen LogP contribution in [0.15, 0.2) is 28.9 Å². The van der Waals surface area contributed by atoms with Crippen LogP contribution in [0.3, 0.4) is 0 Å². The van der Waals surface area contributed by atoms with Gasteiger partial charge in [0.15, 0.2) is 11.7 Å². The molecule has 0 fully saturated rings. The Kier molecular flexibility index (Phi) is 5.06. The summed E-state index contributed by atoms with van der Waals surface area (Å²) in [5.74, 6) is 0.0523. The second-order valence-corrected chi connectivity index (χ2v) is 7.80. The first kappa shape index (κ1) is 21.0. The summed E-state index contributed by atoms with van der Waals surface area (Å²) in [6.45, 7) is 4.02. The molecule has 166 valence electrons. The number of nitrogens with one attached hydrogen (secondary N) is 1. The van der Waals surface area contributed by atoms with Crippen molar-refractivity contribution < 1.29 is 22.4 Å². The van der Waals surface area contributed by atoms with E-state index in [9.17, 15) is 18.0 Å². The van der Waals surface area contributed by atoms with Crippen LogP contribution in [0.25, 0.3) is 0 Å². The quantitative estimate of drug-likeness (QED) is 0.674. The standard InChI is InChI=1S/C20H23F3N6O2/c1-11-13(12(2)28(4)25-11)10-27(3)19(30)15-9-18-24-14(16-6-5-7-31-16)8-17(20(21,22)23)29(18)26-15/h5-7,9,14,17,24H,8,10H2,1-4H3/t14-,17+/m1/s1. The molecule has 2 atom stereocenters. The van der Waals surface area contributed by atoms with Gasteiger partial charge < -0.3 is 14.6 Å². The molecule has 1 aliphatic heterocycles. The number of nitrogens with zero attached hydrogens (tertiary/aromatic N) is 5. The molecule has 3 aromatic rings. The van der Waals surface area contributed by atoms with Gasteiger partial charge in [0, 0.05) is 44.4 Å². The summed E-state index contributed by atoms with van der Waals surface area (Å²) in [5, 5.41) is 11.4. The maximum atomic E-state index is 13.8. The van der Waals surface area contributed by atoms with Gasteiger partial charge in [0.25, 0.3) is 5.91 Å². The molecule has 0 aliphatic carbocycles. The van der Waals surface area contributed by atoms with Crippen molar-refractivity contribution in [3.63, 3.8) is 0 Å². The molecule has 0 unspecified atom stereocenters. The van der Waals surface area contributed by atoms with Gasteiger partial charge in [-0.25, -0.2) is 4.68 Å². The third-order valence-electron chi connectivity index (χ3n) is 5.70. The van der Waals surface area contributed by atoms with E-state index in [-0.39, 0.29) is 24.5 Å². The van der Waals surface area contributed by atoms with E-state index in [1.807, 2.05) is 20.9 Å². The van der Waals surface area contributed by atoms with Gasteiger partial charge in [0.05, 0.1) is 18.0 Å². The zero-order chi connectivity index (χ0) is 22.5. The highest BCUT2D eigenvalue weighted by Gasteiger charge is 2.47. The van der Waals surface area contributed by atoms with Crippen LogP contribution in [-0.4, -0.2) is 43.6 Å². The van der Waals surface area contributed by atoms with Crippen LogP contribution in [0.5, 0.6) is 0 Å². The highest BCUT2D eigenvalue weighted by atomic mass is 19.4. The monoisotopic (exact) mass is 436 g/mol. The number of alkyl halides is 3. The number of furan rings is 1. The molecule has 0 saturated heterocycles. The molecule has 31 heavy (non-hydrogen) atoms. The molecule has 0 aromatic carbocycles. The number of anilines is 1. The highest BCUT2D eigenvalue weighted by molar-refractivity contribution is 5.93. The summed E-state index contributed by atoms with van der Waals surface area (Å²) in [4.78, 5) is 14.4. The van der Waals surface area contributed by atoms with E-state index in [2.05, 4.69) is 15.5 Å². The molecule has 11 heteroatoms. The lowest BCUT2D eigenvalue weighted by Gasteiger charge is -2.32. The van der Waals surface area contributed by atoms with Gasteiger partial charge in [-0.15, -0.1) is 0 Å². The Bertz CT molecular complexity index is 1100. The molecule has 4 heterocycles. The summed E-state index contributed by atoms with van der Waals surface area (Å²) in [5.41, 5.74) is 2.55. The maximum absolute atomic E-state index is 13.8. The number of amides is 1. The Labute approximate surface area is 176 Å². The molecule has 0 spiro atoms. The zero-order valence-electron chi connectivity index (χ0n) is 17.6. The number of carbonyl (C=O) groups is 1. The van der Waals surface area contributed by atoms with Gasteiger partial charge in [0.1, 0.15) is 11.6 Å². The lowest BCUT2D eigenvalue weighted by atomic mass is 10.0. The van der Waals surface area contributed by atoms with Gasteiger partial charge in [0.2, 0.25) is 0 Å². The molecule has 1 amide bonds. The summed E-state index contributed by atoms with van der Waals surface area (Å²) in [7, 11) is 3.41. The summed E-state index contributed by atoms with van der Waals surface area (Å²) < 4.78 is 49.1. The van der Waals surface area contributed by atoms with E-state index in [4.69, 9.17) is 4.42 Å². The van der Waals surface area contributed by atoms with Crippen LogP contribution >= 0.6 is 0 Å². The minimum Gasteiger partial charge on any atom is -0.467 e. The summed E-state index contributed by atoms with van der Waals surface area (Å²) >= 11 is 0. The average molecular weight is 436 g/mol. The van der Waals surface area contributed by atoms with Gasteiger partial charge in [-0.3, -0.25) is 9.48 Å². The lowest BCUT2D eigenvalue weighted by molar-refractivity contribution is -0.174. The third-order valence-corrected chi connectivity index (χ3v) is 5.70. The van der Waals surface area contributed by atoms with Crippen LogP contribution in [0.1, 0.15) is 51.7 Å². The summed E-state index contributed by atoms with van der Waals surface area (Å²) in [6, 6.07) is 2.06. The van der Waals surface area contributed by atoms with Crippen molar-refractivity contribution in [3.8, 4) is 0 Å². The van der Waals surface area contributed by atoms with Crippen molar-refractivity contribution in [3.05, 3.63) is 52.9 Å².